The fraction of sp³-hybridized carbons (Fsp3) is 0.429. The van der Waals surface area contributed by atoms with Crippen molar-refractivity contribution in [1.82, 2.24) is 0 Å². The van der Waals surface area contributed by atoms with Crippen LogP contribution in [-0.4, -0.2) is 6.54 Å². The number of anilines is 1. The van der Waals surface area contributed by atoms with E-state index in [1.165, 1.54) is 18.9 Å². The van der Waals surface area contributed by atoms with E-state index >= 15 is 0 Å². The molecule has 90 valence electrons. The Balaban J connectivity index is 1.66. The molecular formula is C14H15BrFN. The molecule has 0 spiro atoms. The number of fused-ring (bicyclic) bond motifs is 2. The number of hydrogen-bond acceptors (Lipinski definition) is 1. The fourth-order valence-corrected chi connectivity index (χ4v) is 3.51. The minimum Gasteiger partial charge on any atom is -0.381 e. The van der Waals surface area contributed by atoms with Gasteiger partial charge in [0.2, 0.25) is 0 Å². The molecule has 0 saturated heterocycles. The van der Waals surface area contributed by atoms with Gasteiger partial charge in [-0.3, -0.25) is 0 Å². The van der Waals surface area contributed by atoms with E-state index < -0.39 is 0 Å². The molecule has 3 heteroatoms. The van der Waals surface area contributed by atoms with Crippen molar-refractivity contribution in [2.24, 2.45) is 17.8 Å². The minimum atomic E-state index is -0.182. The van der Waals surface area contributed by atoms with Crippen molar-refractivity contribution in [3.05, 3.63) is 40.6 Å². The van der Waals surface area contributed by atoms with Gasteiger partial charge in [-0.05, 0) is 58.7 Å². The van der Waals surface area contributed by atoms with E-state index in [0.717, 1.165) is 16.9 Å². The second kappa shape index (κ2) is 4.45. The van der Waals surface area contributed by atoms with Gasteiger partial charge in [0.25, 0.3) is 0 Å². The summed E-state index contributed by atoms with van der Waals surface area (Å²) in [7, 11) is 0. The number of para-hydroxylation sites is 1. The van der Waals surface area contributed by atoms with E-state index in [4.69, 9.17) is 0 Å². The number of hydrogen-bond donors (Lipinski definition) is 1. The molecule has 1 saturated carbocycles. The third kappa shape index (κ3) is 2.13. The molecule has 1 fully saturated rings. The Hall–Kier alpha value is -0.830. The van der Waals surface area contributed by atoms with Crippen LogP contribution in [0.15, 0.2) is 34.8 Å². The van der Waals surface area contributed by atoms with Crippen molar-refractivity contribution in [1.29, 1.82) is 0 Å². The van der Waals surface area contributed by atoms with Gasteiger partial charge in [-0.15, -0.1) is 0 Å². The van der Waals surface area contributed by atoms with Crippen molar-refractivity contribution >= 4 is 21.6 Å². The fourth-order valence-electron chi connectivity index (χ4n) is 3.03. The van der Waals surface area contributed by atoms with E-state index in [2.05, 4.69) is 33.4 Å². The number of halogens is 2. The van der Waals surface area contributed by atoms with Crippen molar-refractivity contribution in [3.63, 3.8) is 0 Å². The third-order valence-electron chi connectivity index (χ3n) is 3.92. The monoisotopic (exact) mass is 295 g/mol. The second-order valence-corrected chi connectivity index (χ2v) is 5.87. The van der Waals surface area contributed by atoms with Crippen molar-refractivity contribution in [2.45, 2.75) is 12.8 Å². The maximum Gasteiger partial charge on any atom is 0.147 e. The maximum atomic E-state index is 13.6. The smallest absolute Gasteiger partial charge is 0.147 e. The lowest BCUT2D eigenvalue weighted by molar-refractivity contribution is 0.470. The van der Waals surface area contributed by atoms with Crippen LogP contribution in [0.4, 0.5) is 10.1 Å². The average molecular weight is 296 g/mol. The normalized spacial score (nSPS) is 29.9. The van der Waals surface area contributed by atoms with Crippen LogP contribution in [0.25, 0.3) is 0 Å². The Morgan fingerprint density at radius 3 is 2.82 bits per heavy atom. The Kier molecular flexibility index (Phi) is 2.95. The van der Waals surface area contributed by atoms with Crippen LogP contribution in [0.1, 0.15) is 12.8 Å². The predicted molar refractivity (Wildman–Crippen MR) is 71.4 cm³/mol. The van der Waals surface area contributed by atoms with Gasteiger partial charge in [-0.2, -0.15) is 0 Å². The first-order valence-corrected chi connectivity index (χ1v) is 6.89. The molecular weight excluding hydrogens is 281 g/mol. The third-order valence-corrected chi connectivity index (χ3v) is 4.58. The van der Waals surface area contributed by atoms with Gasteiger partial charge < -0.3 is 5.32 Å². The first-order valence-electron chi connectivity index (χ1n) is 6.10. The van der Waals surface area contributed by atoms with Crippen LogP contribution in [0.2, 0.25) is 0 Å². The van der Waals surface area contributed by atoms with Crippen molar-refractivity contribution in [2.75, 3.05) is 11.9 Å². The Labute approximate surface area is 109 Å². The number of allylic oxidation sites excluding steroid dienone is 2. The van der Waals surface area contributed by atoms with E-state index in [1.54, 1.807) is 6.07 Å². The molecule has 0 aliphatic heterocycles. The topological polar surface area (TPSA) is 12.0 Å². The van der Waals surface area contributed by atoms with E-state index in [-0.39, 0.29) is 5.82 Å². The summed E-state index contributed by atoms with van der Waals surface area (Å²) in [5, 5.41) is 3.25. The first-order chi connectivity index (χ1) is 8.24. The molecule has 1 N–H and O–H groups in total. The van der Waals surface area contributed by atoms with Crippen molar-refractivity contribution < 1.29 is 4.39 Å². The molecule has 3 unspecified atom stereocenters. The van der Waals surface area contributed by atoms with Crippen LogP contribution < -0.4 is 5.32 Å². The lowest BCUT2D eigenvalue weighted by Gasteiger charge is -2.20. The highest BCUT2D eigenvalue weighted by atomic mass is 79.9. The summed E-state index contributed by atoms with van der Waals surface area (Å²) in [4.78, 5) is 0. The molecule has 2 bridgehead atoms. The molecule has 3 rings (SSSR count). The lowest BCUT2D eigenvalue weighted by Crippen LogP contribution is -2.19. The Morgan fingerprint density at radius 2 is 2.18 bits per heavy atom. The minimum absolute atomic E-state index is 0.182. The van der Waals surface area contributed by atoms with Crippen LogP contribution in [0.3, 0.4) is 0 Å². The quantitative estimate of drug-likeness (QED) is 0.824. The summed E-state index contributed by atoms with van der Waals surface area (Å²) in [5.41, 5.74) is 0.597. The van der Waals surface area contributed by atoms with Gasteiger partial charge in [-0.25, -0.2) is 4.39 Å². The molecule has 1 aromatic carbocycles. The number of benzene rings is 1. The maximum absolute atomic E-state index is 13.6. The zero-order valence-electron chi connectivity index (χ0n) is 9.50. The Morgan fingerprint density at radius 1 is 1.29 bits per heavy atom. The molecule has 2 aliphatic carbocycles. The summed E-state index contributed by atoms with van der Waals surface area (Å²) < 4.78 is 14.4. The molecule has 0 radical (unpaired) electrons. The highest BCUT2D eigenvalue weighted by Crippen LogP contribution is 2.43. The summed E-state index contributed by atoms with van der Waals surface area (Å²) in [6.45, 7) is 0.866. The van der Waals surface area contributed by atoms with Gasteiger partial charge in [0.1, 0.15) is 5.82 Å². The second-order valence-electron chi connectivity index (χ2n) is 5.02. The highest BCUT2D eigenvalue weighted by molar-refractivity contribution is 9.10. The predicted octanol–water partition coefficient (Wildman–Crippen LogP) is 4.21. The molecule has 1 nitrogen and oxygen atoms in total. The standard InChI is InChI=1S/C14H15BrFN/c15-12-2-1-3-13(16)14(12)17-8-11-7-9-4-5-10(11)6-9/h1-5,9-11,17H,6-8H2. The van der Waals surface area contributed by atoms with E-state index in [1.807, 2.05) is 6.07 Å². The molecule has 2 aliphatic rings. The largest absolute Gasteiger partial charge is 0.381 e. The van der Waals surface area contributed by atoms with Gasteiger partial charge >= 0.3 is 0 Å². The van der Waals surface area contributed by atoms with Crippen LogP contribution in [0.5, 0.6) is 0 Å². The van der Waals surface area contributed by atoms with Crippen molar-refractivity contribution in [3.8, 4) is 0 Å². The van der Waals surface area contributed by atoms with Crippen LogP contribution >= 0.6 is 15.9 Å². The van der Waals surface area contributed by atoms with Gasteiger partial charge in [0, 0.05) is 11.0 Å². The van der Waals surface area contributed by atoms with Gasteiger partial charge in [0.05, 0.1) is 5.69 Å². The molecule has 17 heavy (non-hydrogen) atoms. The summed E-state index contributed by atoms with van der Waals surface area (Å²) >= 11 is 3.38. The molecule has 3 atom stereocenters. The summed E-state index contributed by atoms with van der Waals surface area (Å²) in [5.74, 6) is 1.96. The zero-order valence-corrected chi connectivity index (χ0v) is 11.1. The first kappa shape index (κ1) is 11.3. The van der Waals surface area contributed by atoms with Crippen LogP contribution in [-0.2, 0) is 0 Å². The van der Waals surface area contributed by atoms with Crippen LogP contribution in [0, 0.1) is 23.6 Å². The molecule has 1 aromatic rings. The SMILES string of the molecule is Fc1cccc(Br)c1NCC1CC2C=CC1C2. The molecule has 0 heterocycles. The lowest BCUT2D eigenvalue weighted by atomic mass is 9.93. The van der Waals surface area contributed by atoms with Gasteiger partial charge in [0.15, 0.2) is 0 Å². The molecule has 0 amide bonds. The number of rotatable bonds is 3. The summed E-state index contributed by atoms with van der Waals surface area (Å²) in [6, 6.07) is 5.07. The summed E-state index contributed by atoms with van der Waals surface area (Å²) in [6.07, 6.45) is 7.21. The Bertz CT molecular complexity index is 437. The van der Waals surface area contributed by atoms with Gasteiger partial charge in [-0.1, -0.05) is 18.2 Å². The number of nitrogens with one attached hydrogen (secondary N) is 1. The van der Waals surface area contributed by atoms with E-state index in [9.17, 15) is 4.39 Å². The highest BCUT2D eigenvalue weighted by Gasteiger charge is 2.35. The van der Waals surface area contributed by atoms with E-state index in [0.29, 0.717) is 17.5 Å². The molecule has 0 aromatic heterocycles. The average Bonchev–Trinajstić information content (AvgIpc) is 2.90. The zero-order chi connectivity index (χ0) is 11.8.